The zero-order valence-electron chi connectivity index (χ0n) is 23.3. The van der Waals surface area contributed by atoms with Gasteiger partial charge in [0, 0.05) is 25.2 Å². The third-order valence-corrected chi connectivity index (χ3v) is 11.1. The van der Waals surface area contributed by atoms with E-state index in [0.29, 0.717) is 42.4 Å². The number of ketones is 2. The van der Waals surface area contributed by atoms with Crippen molar-refractivity contribution in [2.75, 3.05) is 0 Å². The number of carbonyl (C=O) groups excluding carboxylic acids is 2. The maximum absolute atomic E-state index is 13.7. The summed E-state index contributed by atoms with van der Waals surface area (Å²) in [6.07, 6.45) is 10.2. The average molecular weight is 493 g/mol. The lowest BCUT2D eigenvalue weighted by Crippen LogP contribution is -2.48. The van der Waals surface area contributed by atoms with Crippen molar-refractivity contribution in [2.45, 2.75) is 116 Å². The van der Waals surface area contributed by atoms with Crippen molar-refractivity contribution in [1.82, 2.24) is 0 Å². The van der Waals surface area contributed by atoms with Gasteiger partial charge < -0.3 is 4.74 Å². The fourth-order valence-electron chi connectivity index (χ4n) is 9.42. The summed E-state index contributed by atoms with van der Waals surface area (Å²) in [5.41, 5.74) is 0.886. The number of rotatable bonds is 6. The predicted molar refractivity (Wildman–Crippen MR) is 145 cm³/mol. The predicted octanol–water partition coefficient (Wildman–Crippen LogP) is 7.77. The second-order valence-corrected chi connectivity index (χ2v) is 13.8. The molecule has 3 heteroatoms. The van der Waals surface area contributed by atoms with Crippen molar-refractivity contribution >= 4 is 11.6 Å². The van der Waals surface area contributed by atoms with Gasteiger partial charge in [-0.15, -0.1) is 0 Å². The van der Waals surface area contributed by atoms with Crippen LogP contribution in [0.3, 0.4) is 0 Å². The third-order valence-electron chi connectivity index (χ3n) is 11.1. The van der Waals surface area contributed by atoms with E-state index in [2.05, 4.69) is 34.6 Å². The van der Waals surface area contributed by atoms with Gasteiger partial charge in [0.2, 0.25) is 0 Å². The number of carbonyl (C=O) groups is 2. The fourth-order valence-corrected chi connectivity index (χ4v) is 9.42. The molecule has 0 unspecified atom stereocenters. The van der Waals surface area contributed by atoms with Crippen molar-refractivity contribution in [3.8, 4) is 0 Å². The quantitative estimate of drug-likeness (QED) is 0.407. The van der Waals surface area contributed by atoms with Crippen LogP contribution in [-0.4, -0.2) is 23.3 Å². The van der Waals surface area contributed by atoms with E-state index in [4.69, 9.17) is 4.74 Å². The zero-order chi connectivity index (χ0) is 25.7. The minimum absolute atomic E-state index is 0.0190. The van der Waals surface area contributed by atoms with Crippen LogP contribution in [0.25, 0.3) is 0 Å². The van der Waals surface area contributed by atoms with Crippen LogP contribution in [0.2, 0.25) is 0 Å². The Balaban J connectivity index is 1.37. The zero-order valence-corrected chi connectivity index (χ0v) is 23.3. The maximum atomic E-state index is 13.7. The molecule has 0 spiro atoms. The van der Waals surface area contributed by atoms with E-state index in [9.17, 15) is 9.59 Å². The highest BCUT2D eigenvalue weighted by Gasteiger charge is 2.64. The number of ether oxygens (including phenoxy) is 1. The molecule has 36 heavy (non-hydrogen) atoms. The topological polar surface area (TPSA) is 43.4 Å². The molecule has 2 bridgehead atoms. The lowest BCUT2D eigenvalue weighted by molar-refractivity contribution is -0.128. The standard InChI is InChI=1S/C33H48O3/c1-21(2)10-9-11-22(3)26-14-15-27-31-28(16-17-32(26,27)4)33(5)20-29(35)25(23-12-7-6-8-13-23)18-24(34)19-30(31)36-33/h6-8,12-13,21-22,25-28,30-31H,9-11,14-20H2,1-5H3/t22-,25+,26-,27+,28+,30-,31+,32-,33+/m1/s1. The van der Waals surface area contributed by atoms with Crippen LogP contribution in [-0.2, 0) is 14.3 Å². The summed E-state index contributed by atoms with van der Waals surface area (Å²) < 4.78 is 6.84. The van der Waals surface area contributed by atoms with Crippen LogP contribution >= 0.6 is 0 Å². The second-order valence-electron chi connectivity index (χ2n) is 13.8. The highest BCUT2D eigenvalue weighted by molar-refractivity contribution is 5.92. The first-order valence-corrected chi connectivity index (χ1v) is 14.9. The Morgan fingerprint density at radius 1 is 0.944 bits per heavy atom. The van der Waals surface area contributed by atoms with Crippen LogP contribution in [0.1, 0.15) is 110 Å². The van der Waals surface area contributed by atoms with Gasteiger partial charge in [-0.25, -0.2) is 0 Å². The molecule has 2 heterocycles. The van der Waals surface area contributed by atoms with E-state index in [1.165, 1.54) is 38.5 Å². The number of hydrogen-bond acceptors (Lipinski definition) is 3. The molecule has 1 aromatic rings. The summed E-state index contributed by atoms with van der Waals surface area (Å²) in [4.78, 5) is 27.1. The Morgan fingerprint density at radius 3 is 2.42 bits per heavy atom. The van der Waals surface area contributed by atoms with Gasteiger partial charge in [0.15, 0.2) is 0 Å². The fraction of sp³-hybridized carbons (Fsp3) is 0.758. The Kier molecular flexibility index (Phi) is 7.27. The number of hydrogen-bond donors (Lipinski definition) is 0. The number of fused-ring (bicyclic) bond motifs is 7. The van der Waals surface area contributed by atoms with Gasteiger partial charge in [-0.05, 0) is 79.1 Å². The molecule has 0 N–H and O–H groups in total. The lowest BCUT2D eigenvalue weighted by Gasteiger charge is -2.50. The normalized spacial score (nSPS) is 41.4. The first-order chi connectivity index (χ1) is 17.1. The SMILES string of the molecule is CC(C)CCC[C@@H](C)[C@H]1CC[C@H]2[C@@H]3[C@H]4CC(=O)C[C@@H](c5ccccc5)C(=O)C[C@](C)(O4)[C@H]3CC[C@]12C. The molecule has 0 aromatic heterocycles. The molecule has 3 nitrogen and oxygen atoms in total. The third kappa shape index (κ3) is 4.63. The molecule has 198 valence electrons. The Hall–Kier alpha value is -1.48. The van der Waals surface area contributed by atoms with Gasteiger partial charge in [0.05, 0.1) is 11.7 Å². The largest absolute Gasteiger partial charge is 0.371 e. The van der Waals surface area contributed by atoms with Crippen molar-refractivity contribution in [3.63, 3.8) is 0 Å². The second kappa shape index (κ2) is 10.0. The molecule has 4 fully saturated rings. The van der Waals surface area contributed by atoms with E-state index < -0.39 is 5.60 Å². The molecule has 9 atom stereocenters. The first kappa shape index (κ1) is 26.1. The van der Waals surface area contributed by atoms with E-state index in [1.54, 1.807) is 0 Å². The van der Waals surface area contributed by atoms with Crippen LogP contribution in [0, 0.1) is 40.9 Å². The number of benzene rings is 1. The van der Waals surface area contributed by atoms with E-state index >= 15 is 0 Å². The summed E-state index contributed by atoms with van der Waals surface area (Å²) >= 11 is 0. The molecule has 4 aliphatic rings. The van der Waals surface area contributed by atoms with Crippen molar-refractivity contribution in [3.05, 3.63) is 35.9 Å². The molecule has 2 saturated carbocycles. The van der Waals surface area contributed by atoms with Crippen molar-refractivity contribution in [2.24, 2.45) is 40.9 Å². The van der Waals surface area contributed by atoms with E-state index in [-0.39, 0.29) is 23.6 Å². The van der Waals surface area contributed by atoms with Crippen molar-refractivity contribution < 1.29 is 14.3 Å². The molecule has 1 aromatic carbocycles. The molecule has 0 amide bonds. The Bertz CT molecular complexity index is 953. The average Bonchev–Trinajstić information content (AvgIpc) is 3.32. The summed E-state index contributed by atoms with van der Waals surface area (Å²) in [6, 6.07) is 9.93. The number of Topliss-reactive ketones (excluding diaryl/α,β-unsaturated/α-hetero) is 2. The van der Waals surface area contributed by atoms with Crippen LogP contribution in [0.15, 0.2) is 30.3 Å². The summed E-state index contributed by atoms with van der Waals surface area (Å²) in [7, 11) is 0. The van der Waals surface area contributed by atoms with Crippen LogP contribution < -0.4 is 0 Å². The summed E-state index contributed by atoms with van der Waals surface area (Å²) in [5.74, 6) is 3.82. The van der Waals surface area contributed by atoms with Gasteiger partial charge in [-0.3, -0.25) is 9.59 Å². The van der Waals surface area contributed by atoms with Gasteiger partial charge in [0.25, 0.3) is 0 Å². The molecule has 2 saturated heterocycles. The molecule has 5 rings (SSSR count). The smallest absolute Gasteiger partial charge is 0.143 e. The minimum Gasteiger partial charge on any atom is -0.371 e. The molecular formula is C33H48O3. The van der Waals surface area contributed by atoms with Crippen LogP contribution in [0.5, 0.6) is 0 Å². The summed E-state index contributed by atoms with van der Waals surface area (Å²) in [6.45, 7) is 11.9. The van der Waals surface area contributed by atoms with Gasteiger partial charge in [-0.2, -0.15) is 0 Å². The lowest BCUT2D eigenvalue weighted by atomic mass is 9.53. The monoisotopic (exact) mass is 492 g/mol. The van der Waals surface area contributed by atoms with E-state index in [1.807, 2.05) is 30.3 Å². The minimum atomic E-state index is -0.438. The highest BCUT2D eigenvalue weighted by Crippen LogP contribution is 2.66. The van der Waals surface area contributed by atoms with Gasteiger partial charge in [0.1, 0.15) is 11.6 Å². The first-order valence-electron chi connectivity index (χ1n) is 14.9. The van der Waals surface area contributed by atoms with Gasteiger partial charge in [-0.1, -0.05) is 77.3 Å². The molecular weight excluding hydrogens is 444 g/mol. The molecule has 2 aliphatic heterocycles. The summed E-state index contributed by atoms with van der Waals surface area (Å²) in [5, 5.41) is 0. The van der Waals surface area contributed by atoms with E-state index in [0.717, 1.165) is 29.7 Å². The van der Waals surface area contributed by atoms with Crippen LogP contribution in [0.4, 0.5) is 0 Å². The Labute approximate surface area is 219 Å². The highest BCUT2D eigenvalue weighted by atomic mass is 16.5. The maximum Gasteiger partial charge on any atom is 0.143 e. The molecule has 2 aliphatic carbocycles. The molecule has 0 radical (unpaired) electrons. The van der Waals surface area contributed by atoms with Crippen molar-refractivity contribution in [1.29, 1.82) is 0 Å². The Morgan fingerprint density at radius 2 is 1.69 bits per heavy atom. The van der Waals surface area contributed by atoms with Gasteiger partial charge >= 0.3 is 0 Å².